The van der Waals surface area contributed by atoms with Gasteiger partial charge in [0, 0.05) is 6.92 Å². The van der Waals surface area contributed by atoms with E-state index < -0.39 is 6.04 Å². The summed E-state index contributed by atoms with van der Waals surface area (Å²) in [5.74, 6) is 1.16. The Labute approximate surface area is 94.6 Å². The van der Waals surface area contributed by atoms with Gasteiger partial charge in [-0.2, -0.15) is 4.98 Å². The molecule has 6 nitrogen and oxygen atoms in total. The van der Waals surface area contributed by atoms with Crippen molar-refractivity contribution in [2.24, 2.45) is 11.7 Å². The van der Waals surface area contributed by atoms with Gasteiger partial charge in [0.2, 0.25) is 11.8 Å². The van der Waals surface area contributed by atoms with Gasteiger partial charge in [-0.05, 0) is 12.3 Å². The Bertz CT molecular complexity index is 348. The van der Waals surface area contributed by atoms with E-state index in [4.69, 9.17) is 10.3 Å². The molecule has 6 heteroatoms. The molecular formula is C10H18N4O2. The number of carbonyl (C=O) groups is 1. The molecule has 1 heterocycles. The molecule has 1 aromatic rings. The van der Waals surface area contributed by atoms with Gasteiger partial charge in [0.05, 0.1) is 12.6 Å². The number of nitrogens with zero attached hydrogens (tertiary/aromatic N) is 2. The molecule has 0 radical (unpaired) electrons. The first-order valence-electron chi connectivity index (χ1n) is 5.31. The molecule has 0 saturated carbocycles. The molecular weight excluding hydrogens is 208 g/mol. The highest BCUT2D eigenvalue weighted by atomic mass is 16.5. The predicted octanol–water partition coefficient (Wildman–Crippen LogP) is 0.368. The van der Waals surface area contributed by atoms with Crippen molar-refractivity contribution in [3.8, 4) is 0 Å². The zero-order chi connectivity index (χ0) is 12.1. The highest BCUT2D eigenvalue weighted by Gasteiger charge is 2.15. The van der Waals surface area contributed by atoms with E-state index in [0.29, 0.717) is 24.1 Å². The van der Waals surface area contributed by atoms with Gasteiger partial charge in [-0.3, -0.25) is 4.79 Å². The van der Waals surface area contributed by atoms with Crippen molar-refractivity contribution in [3.63, 3.8) is 0 Å². The molecule has 0 bridgehead atoms. The smallest absolute Gasteiger partial charge is 0.237 e. The minimum Gasteiger partial charge on any atom is -0.347 e. The molecule has 0 aliphatic rings. The Kier molecular flexibility index (Phi) is 4.42. The standard InChI is InChI=1S/C10H18N4O2/c1-6(2)4-8(11)10(15)12-5-9-13-7(3)16-14-9/h6,8H,4-5,11H2,1-3H3,(H,12,15). The highest BCUT2D eigenvalue weighted by molar-refractivity contribution is 5.81. The van der Waals surface area contributed by atoms with Crippen LogP contribution >= 0.6 is 0 Å². The van der Waals surface area contributed by atoms with E-state index in [1.54, 1.807) is 6.92 Å². The normalized spacial score (nSPS) is 12.8. The van der Waals surface area contributed by atoms with Gasteiger partial charge in [-0.15, -0.1) is 0 Å². The first kappa shape index (κ1) is 12.6. The SMILES string of the molecule is Cc1nc(CNC(=O)C(N)CC(C)C)no1. The van der Waals surface area contributed by atoms with Gasteiger partial charge in [-0.25, -0.2) is 0 Å². The Morgan fingerprint density at radius 2 is 2.25 bits per heavy atom. The van der Waals surface area contributed by atoms with Crippen LogP contribution in [0.25, 0.3) is 0 Å². The van der Waals surface area contributed by atoms with Crippen LogP contribution in [0.4, 0.5) is 0 Å². The molecule has 16 heavy (non-hydrogen) atoms. The highest BCUT2D eigenvalue weighted by Crippen LogP contribution is 2.02. The van der Waals surface area contributed by atoms with Crippen LogP contribution in [-0.4, -0.2) is 22.1 Å². The van der Waals surface area contributed by atoms with E-state index in [9.17, 15) is 4.79 Å². The molecule has 0 saturated heterocycles. The predicted molar refractivity (Wildman–Crippen MR) is 58.3 cm³/mol. The Hall–Kier alpha value is -1.43. The Morgan fingerprint density at radius 3 is 2.75 bits per heavy atom. The second kappa shape index (κ2) is 5.60. The van der Waals surface area contributed by atoms with E-state index in [-0.39, 0.29) is 12.5 Å². The summed E-state index contributed by atoms with van der Waals surface area (Å²) >= 11 is 0. The van der Waals surface area contributed by atoms with Crippen molar-refractivity contribution < 1.29 is 9.32 Å². The van der Waals surface area contributed by atoms with E-state index >= 15 is 0 Å². The van der Waals surface area contributed by atoms with Crippen LogP contribution in [0.1, 0.15) is 32.0 Å². The number of hydrogen-bond acceptors (Lipinski definition) is 5. The van der Waals surface area contributed by atoms with Crippen LogP contribution < -0.4 is 11.1 Å². The minimum absolute atomic E-state index is 0.184. The quantitative estimate of drug-likeness (QED) is 0.756. The van der Waals surface area contributed by atoms with E-state index in [0.717, 1.165) is 0 Å². The summed E-state index contributed by atoms with van der Waals surface area (Å²) in [5.41, 5.74) is 5.71. The lowest BCUT2D eigenvalue weighted by atomic mass is 10.0. The van der Waals surface area contributed by atoms with Gasteiger partial charge in [0.15, 0.2) is 5.82 Å². The van der Waals surface area contributed by atoms with Crippen LogP contribution in [0.2, 0.25) is 0 Å². The second-order valence-corrected chi connectivity index (χ2v) is 4.18. The third-order valence-electron chi connectivity index (χ3n) is 2.05. The molecule has 1 amide bonds. The van der Waals surface area contributed by atoms with Crippen molar-refractivity contribution in [2.75, 3.05) is 0 Å². The average Bonchev–Trinajstić information content (AvgIpc) is 2.59. The lowest BCUT2D eigenvalue weighted by Crippen LogP contribution is -2.41. The van der Waals surface area contributed by atoms with Crippen molar-refractivity contribution in [2.45, 2.75) is 39.8 Å². The maximum atomic E-state index is 11.5. The number of aromatic nitrogens is 2. The third kappa shape index (κ3) is 3.98. The second-order valence-electron chi connectivity index (χ2n) is 4.18. The summed E-state index contributed by atoms with van der Waals surface area (Å²) in [7, 11) is 0. The number of nitrogens with two attached hydrogens (primary N) is 1. The number of aryl methyl sites for hydroxylation is 1. The zero-order valence-electron chi connectivity index (χ0n) is 9.86. The number of hydrogen-bond donors (Lipinski definition) is 2. The van der Waals surface area contributed by atoms with Crippen LogP contribution in [0.3, 0.4) is 0 Å². The van der Waals surface area contributed by atoms with E-state index in [1.807, 2.05) is 13.8 Å². The minimum atomic E-state index is -0.479. The number of rotatable bonds is 5. The first-order chi connectivity index (χ1) is 7.49. The van der Waals surface area contributed by atoms with Gasteiger partial charge in [0.1, 0.15) is 0 Å². The first-order valence-corrected chi connectivity index (χ1v) is 5.31. The largest absolute Gasteiger partial charge is 0.347 e. The maximum Gasteiger partial charge on any atom is 0.237 e. The molecule has 0 spiro atoms. The molecule has 1 rings (SSSR count). The fourth-order valence-corrected chi connectivity index (χ4v) is 1.33. The van der Waals surface area contributed by atoms with Gasteiger partial charge in [0.25, 0.3) is 0 Å². The molecule has 90 valence electrons. The molecule has 0 aromatic carbocycles. The van der Waals surface area contributed by atoms with E-state index in [1.165, 1.54) is 0 Å². The molecule has 0 aliphatic heterocycles. The van der Waals surface area contributed by atoms with Gasteiger partial charge >= 0.3 is 0 Å². The molecule has 3 N–H and O–H groups in total. The monoisotopic (exact) mass is 226 g/mol. The molecule has 1 aromatic heterocycles. The van der Waals surface area contributed by atoms with Crippen molar-refractivity contribution in [3.05, 3.63) is 11.7 Å². The summed E-state index contributed by atoms with van der Waals surface area (Å²) in [6, 6.07) is -0.479. The summed E-state index contributed by atoms with van der Waals surface area (Å²) in [6.45, 7) is 6.00. The Balaban J connectivity index is 2.35. The fourth-order valence-electron chi connectivity index (χ4n) is 1.33. The number of nitrogens with one attached hydrogen (secondary N) is 1. The topological polar surface area (TPSA) is 94.0 Å². The molecule has 0 aliphatic carbocycles. The van der Waals surface area contributed by atoms with Gasteiger partial charge < -0.3 is 15.6 Å². The van der Waals surface area contributed by atoms with Crippen molar-refractivity contribution >= 4 is 5.91 Å². The van der Waals surface area contributed by atoms with Crippen LogP contribution in [-0.2, 0) is 11.3 Å². The lowest BCUT2D eigenvalue weighted by Gasteiger charge is -2.12. The number of amides is 1. The zero-order valence-corrected chi connectivity index (χ0v) is 9.86. The maximum absolute atomic E-state index is 11.5. The Morgan fingerprint density at radius 1 is 1.56 bits per heavy atom. The summed E-state index contributed by atoms with van der Waals surface area (Å²) in [4.78, 5) is 15.5. The summed E-state index contributed by atoms with van der Waals surface area (Å²) < 4.78 is 4.78. The van der Waals surface area contributed by atoms with Crippen LogP contribution in [0.15, 0.2) is 4.52 Å². The van der Waals surface area contributed by atoms with Gasteiger partial charge in [-0.1, -0.05) is 19.0 Å². The molecule has 0 fully saturated rings. The van der Waals surface area contributed by atoms with Crippen molar-refractivity contribution in [1.29, 1.82) is 0 Å². The van der Waals surface area contributed by atoms with Crippen molar-refractivity contribution in [1.82, 2.24) is 15.5 Å². The number of carbonyl (C=O) groups excluding carboxylic acids is 1. The molecule has 1 atom stereocenters. The fraction of sp³-hybridized carbons (Fsp3) is 0.700. The van der Waals surface area contributed by atoms with Crippen LogP contribution in [0, 0.1) is 12.8 Å². The summed E-state index contributed by atoms with van der Waals surface area (Å²) in [5, 5.41) is 6.33. The third-order valence-corrected chi connectivity index (χ3v) is 2.05. The van der Waals surface area contributed by atoms with E-state index in [2.05, 4.69) is 15.5 Å². The lowest BCUT2D eigenvalue weighted by molar-refractivity contribution is -0.122. The molecule has 1 unspecified atom stereocenters. The summed E-state index contributed by atoms with van der Waals surface area (Å²) in [6.07, 6.45) is 0.664. The van der Waals surface area contributed by atoms with Crippen LogP contribution in [0.5, 0.6) is 0 Å². The average molecular weight is 226 g/mol.